The number of aromatic carboxylic acids is 1. The predicted octanol–water partition coefficient (Wildman–Crippen LogP) is 5.46. The molecule has 35 heavy (non-hydrogen) atoms. The Morgan fingerprint density at radius 1 is 1.09 bits per heavy atom. The van der Waals surface area contributed by atoms with Crippen molar-refractivity contribution >= 4 is 21.7 Å². The van der Waals surface area contributed by atoms with E-state index in [2.05, 4.69) is 5.10 Å². The van der Waals surface area contributed by atoms with E-state index in [0.717, 1.165) is 24.1 Å². The molecular formula is C24H26F3N3O4S. The normalized spacial score (nSPS) is 12.0. The van der Waals surface area contributed by atoms with Crippen LogP contribution in [0.2, 0.25) is 0 Å². The number of nitrogens with one attached hydrogen (secondary N) is 1. The number of benzene rings is 2. The Balaban J connectivity index is 1.94. The number of halogens is 3. The number of hydrogen-bond acceptors (Lipinski definition) is 4. The molecule has 3 rings (SSSR count). The van der Waals surface area contributed by atoms with Gasteiger partial charge in [0.15, 0.2) is 0 Å². The maximum atomic E-state index is 12.8. The van der Waals surface area contributed by atoms with E-state index in [9.17, 15) is 31.5 Å². The molecule has 3 aromatic rings. The van der Waals surface area contributed by atoms with Gasteiger partial charge in [-0.05, 0) is 37.0 Å². The lowest BCUT2D eigenvalue weighted by Crippen LogP contribution is -2.30. The standard InChI is InChI=1S/C24H26F3N3O4S/c1-3-5-9-20-19(22(23(31)32)30(4-2)28-20)15-16-11-13-17(14-12-16)18-8-6-7-10-21(18)29-35(33,34)24(25,26)27/h6-8,10-14,29H,3-5,9,15H2,1-2H3,(H,31,32). The minimum atomic E-state index is -5.57. The monoisotopic (exact) mass is 509 g/mol. The molecule has 1 heterocycles. The molecule has 0 spiro atoms. The van der Waals surface area contributed by atoms with Crippen molar-refractivity contribution in [2.75, 3.05) is 4.72 Å². The fourth-order valence-corrected chi connectivity index (χ4v) is 4.36. The van der Waals surface area contributed by atoms with Crippen molar-refractivity contribution in [2.45, 2.75) is 51.6 Å². The highest BCUT2D eigenvalue weighted by atomic mass is 32.2. The van der Waals surface area contributed by atoms with Crippen molar-refractivity contribution in [3.05, 3.63) is 71.0 Å². The minimum Gasteiger partial charge on any atom is -0.477 e. The molecule has 0 saturated carbocycles. The van der Waals surface area contributed by atoms with Crippen LogP contribution in [0.1, 0.15) is 54.0 Å². The summed E-state index contributed by atoms with van der Waals surface area (Å²) in [7, 11) is -5.57. The number of nitrogens with zero attached hydrogens (tertiary/aromatic N) is 2. The van der Waals surface area contributed by atoms with Crippen molar-refractivity contribution in [2.24, 2.45) is 0 Å². The quantitative estimate of drug-likeness (QED) is 0.378. The summed E-state index contributed by atoms with van der Waals surface area (Å²) in [6, 6.07) is 12.6. The first-order valence-electron chi connectivity index (χ1n) is 11.1. The summed E-state index contributed by atoms with van der Waals surface area (Å²) in [5.41, 5.74) is -2.54. The summed E-state index contributed by atoms with van der Waals surface area (Å²) in [5.74, 6) is -1.06. The molecule has 2 N–H and O–H groups in total. The van der Waals surface area contributed by atoms with Gasteiger partial charge >= 0.3 is 21.5 Å². The molecule has 188 valence electrons. The maximum Gasteiger partial charge on any atom is 0.516 e. The topological polar surface area (TPSA) is 101 Å². The summed E-state index contributed by atoms with van der Waals surface area (Å²) in [6.07, 6.45) is 2.79. The summed E-state index contributed by atoms with van der Waals surface area (Å²) in [5, 5.41) is 14.3. The van der Waals surface area contributed by atoms with Gasteiger partial charge in [-0.3, -0.25) is 9.40 Å². The number of sulfonamides is 1. The van der Waals surface area contributed by atoms with Crippen LogP contribution in [0.15, 0.2) is 48.5 Å². The highest BCUT2D eigenvalue weighted by Crippen LogP contribution is 2.32. The van der Waals surface area contributed by atoms with Gasteiger partial charge in [0.05, 0.1) is 11.4 Å². The lowest BCUT2D eigenvalue weighted by Gasteiger charge is -2.14. The minimum absolute atomic E-state index is 0.148. The van der Waals surface area contributed by atoms with E-state index in [-0.39, 0.29) is 16.9 Å². The number of aromatic nitrogens is 2. The van der Waals surface area contributed by atoms with Gasteiger partial charge in [-0.15, -0.1) is 0 Å². The molecule has 0 radical (unpaired) electrons. The lowest BCUT2D eigenvalue weighted by molar-refractivity contribution is -0.0429. The van der Waals surface area contributed by atoms with Crippen LogP contribution in [0.4, 0.5) is 18.9 Å². The van der Waals surface area contributed by atoms with Crippen LogP contribution >= 0.6 is 0 Å². The number of carboxylic acids is 1. The summed E-state index contributed by atoms with van der Waals surface area (Å²) >= 11 is 0. The van der Waals surface area contributed by atoms with E-state index in [1.165, 1.54) is 22.9 Å². The molecule has 11 heteroatoms. The van der Waals surface area contributed by atoms with Crippen LogP contribution in [-0.2, 0) is 29.4 Å². The lowest BCUT2D eigenvalue weighted by atomic mass is 9.97. The second-order valence-corrected chi connectivity index (χ2v) is 9.64. The number of para-hydroxylation sites is 1. The van der Waals surface area contributed by atoms with Crippen molar-refractivity contribution < 1.29 is 31.5 Å². The van der Waals surface area contributed by atoms with Gasteiger partial charge in [-0.25, -0.2) is 4.79 Å². The molecule has 1 aromatic heterocycles. The zero-order valence-corrected chi connectivity index (χ0v) is 20.1. The first-order chi connectivity index (χ1) is 16.5. The fraction of sp³-hybridized carbons (Fsp3) is 0.333. The highest BCUT2D eigenvalue weighted by Gasteiger charge is 2.46. The SMILES string of the molecule is CCCCc1nn(CC)c(C(=O)O)c1Cc1ccc(-c2ccccc2NS(=O)(=O)C(F)(F)F)cc1. The zero-order chi connectivity index (χ0) is 25.8. The average Bonchev–Trinajstić information content (AvgIpc) is 3.15. The van der Waals surface area contributed by atoms with Gasteiger partial charge in [0.25, 0.3) is 0 Å². The zero-order valence-electron chi connectivity index (χ0n) is 19.3. The number of aryl methyl sites for hydroxylation is 2. The van der Waals surface area contributed by atoms with Crippen molar-refractivity contribution in [3.63, 3.8) is 0 Å². The summed E-state index contributed by atoms with van der Waals surface area (Å²) < 4.78 is 64.8. The number of unbranched alkanes of at least 4 members (excludes halogenated alkanes) is 1. The summed E-state index contributed by atoms with van der Waals surface area (Å²) in [4.78, 5) is 11.9. The molecule has 0 fully saturated rings. The second-order valence-electron chi connectivity index (χ2n) is 7.97. The smallest absolute Gasteiger partial charge is 0.477 e. The molecule has 2 aromatic carbocycles. The fourth-order valence-electron chi connectivity index (χ4n) is 3.78. The third-order valence-electron chi connectivity index (χ3n) is 5.52. The molecule has 0 aliphatic rings. The Hall–Kier alpha value is -3.34. The highest BCUT2D eigenvalue weighted by molar-refractivity contribution is 7.93. The van der Waals surface area contributed by atoms with E-state index in [0.29, 0.717) is 30.5 Å². The van der Waals surface area contributed by atoms with Gasteiger partial charge in [0, 0.05) is 24.1 Å². The molecule has 0 aliphatic heterocycles. The third-order valence-corrected chi connectivity index (χ3v) is 6.62. The molecule has 0 unspecified atom stereocenters. The Bertz CT molecular complexity index is 1300. The van der Waals surface area contributed by atoms with Crippen LogP contribution in [0, 0.1) is 0 Å². The molecule has 0 amide bonds. The van der Waals surface area contributed by atoms with Gasteiger partial charge in [0.1, 0.15) is 5.69 Å². The van der Waals surface area contributed by atoms with E-state index >= 15 is 0 Å². The van der Waals surface area contributed by atoms with Gasteiger partial charge in [-0.1, -0.05) is 55.8 Å². The Morgan fingerprint density at radius 2 is 1.74 bits per heavy atom. The van der Waals surface area contributed by atoms with Crippen molar-refractivity contribution in [3.8, 4) is 11.1 Å². The number of carbonyl (C=O) groups is 1. The number of rotatable bonds is 10. The number of alkyl halides is 3. The van der Waals surface area contributed by atoms with Crippen LogP contribution in [0.5, 0.6) is 0 Å². The van der Waals surface area contributed by atoms with Gasteiger partial charge in [-0.2, -0.15) is 26.7 Å². The van der Waals surface area contributed by atoms with Gasteiger partial charge in [0.2, 0.25) is 0 Å². The largest absolute Gasteiger partial charge is 0.516 e. The maximum absolute atomic E-state index is 12.8. The number of anilines is 1. The second kappa shape index (κ2) is 10.5. The molecule has 0 atom stereocenters. The van der Waals surface area contributed by atoms with Crippen LogP contribution in [-0.4, -0.2) is 34.8 Å². The van der Waals surface area contributed by atoms with E-state index in [1.807, 2.05) is 13.8 Å². The van der Waals surface area contributed by atoms with Crippen LogP contribution < -0.4 is 4.72 Å². The first kappa shape index (κ1) is 26.3. The molecular weight excluding hydrogens is 483 g/mol. The third kappa shape index (κ3) is 5.84. The number of carboxylic acid groups (broad SMARTS) is 1. The molecule has 0 bridgehead atoms. The Labute approximate surface area is 201 Å². The van der Waals surface area contributed by atoms with Crippen molar-refractivity contribution in [1.29, 1.82) is 0 Å². The van der Waals surface area contributed by atoms with E-state index in [4.69, 9.17) is 0 Å². The van der Waals surface area contributed by atoms with E-state index in [1.54, 1.807) is 35.1 Å². The van der Waals surface area contributed by atoms with Gasteiger partial charge < -0.3 is 5.11 Å². The van der Waals surface area contributed by atoms with Crippen molar-refractivity contribution in [1.82, 2.24) is 9.78 Å². The van der Waals surface area contributed by atoms with Crippen LogP contribution in [0.3, 0.4) is 0 Å². The summed E-state index contributed by atoms with van der Waals surface area (Å²) in [6.45, 7) is 4.29. The van der Waals surface area contributed by atoms with E-state index < -0.39 is 21.5 Å². The van der Waals surface area contributed by atoms with Crippen LogP contribution in [0.25, 0.3) is 11.1 Å². The Kier molecular flexibility index (Phi) is 7.89. The average molecular weight is 510 g/mol. The predicted molar refractivity (Wildman–Crippen MR) is 127 cm³/mol. The molecule has 0 saturated heterocycles. The Morgan fingerprint density at radius 3 is 2.31 bits per heavy atom. The molecule has 0 aliphatic carbocycles. The molecule has 7 nitrogen and oxygen atoms in total. The first-order valence-corrected chi connectivity index (χ1v) is 12.6. The number of hydrogen-bond donors (Lipinski definition) is 2.